The summed E-state index contributed by atoms with van der Waals surface area (Å²) in [5.41, 5.74) is 9.18. The largest absolute Gasteiger partial charge is 0.319 e. The summed E-state index contributed by atoms with van der Waals surface area (Å²) in [6, 6.07) is 18.4. The molecule has 0 aliphatic carbocycles. The van der Waals surface area contributed by atoms with E-state index in [1.165, 1.54) is 23.9 Å². The lowest BCUT2D eigenvalue weighted by Gasteiger charge is -2.25. The Bertz CT molecular complexity index is 1170. The summed E-state index contributed by atoms with van der Waals surface area (Å²) >= 11 is 7.52. The van der Waals surface area contributed by atoms with E-state index >= 15 is 0 Å². The second kappa shape index (κ2) is 11.4. The minimum absolute atomic E-state index is 0. The number of anilines is 1. The minimum Gasteiger partial charge on any atom is -0.319 e. The Morgan fingerprint density at radius 1 is 1.15 bits per heavy atom. The maximum Gasteiger partial charge on any atom is 0.245 e. The summed E-state index contributed by atoms with van der Waals surface area (Å²) < 4.78 is 13.2. The van der Waals surface area contributed by atoms with Gasteiger partial charge in [0.1, 0.15) is 5.82 Å². The molecule has 0 bridgehead atoms. The van der Waals surface area contributed by atoms with Gasteiger partial charge in [-0.15, -0.1) is 24.2 Å². The number of benzene rings is 3. The van der Waals surface area contributed by atoms with Crippen LogP contribution in [0.1, 0.15) is 40.7 Å². The first-order chi connectivity index (χ1) is 15.8. The van der Waals surface area contributed by atoms with Crippen molar-refractivity contribution in [3.63, 3.8) is 0 Å². The van der Waals surface area contributed by atoms with Crippen LogP contribution >= 0.6 is 35.8 Å². The zero-order chi connectivity index (χ0) is 23.5. The first-order valence-electron chi connectivity index (χ1n) is 10.7. The molecule has 3 aromatic carbocycles. The van der Waals surface area contributed by atoms with Crippen LogP contribution in [0.4, 0.5) is 10.1 Å². The number of carbonyl (C=O) groups excluding carboxylic acids is 2. The highest BCUT2D eigenvalue weighted by atomic mass is 35.5. The maximum absolute atomic E-state index is 13.2. The van der Waals surface area contributed by atoms with E-state index in [9.17, 15) is 14.0 Å². The van der Waals surface area contributed by atoms with Crippen LogP contribution in [0.5, 0.6) is 0 Å². The smallest absolute Gasteiger partial charge is 0.245 e. The van der Waals surface area contributed by atoms with Crippen LogP contribution in [0.25, 0.3) is 0 Å². The summed E-state index contributed by atoms with van der Waals surface area (Å²) in [6.07, 6.45) is 0.280. The number of fused-ring (bicyclic) bond motifs is 1. The van der Waals surface area contributed by atoms with Gasteiger partial charge in [0.15, 0.2) is 5.78 Å². The second-order valence-electron chi connectivity index (χ2n) is 8.23. The number of amides is 1. The van der Waals surface area contributed by atoms with Crippen molar-refractivity contribution in [1.82, 2.24) is 0 Å². The Morgan fingerprint density at radius 3 is 2.50 bits per heavy atom. The molecular formula is C26H25Cl2FN2O2S. The molecule has 1 aliphatic heterocycles. The molecule has 2 atom stereocenters. The molecule has 4 rings (SSSR count). The third-order valence-corrected chi connectivity index (χ3v) is 7.19. The Hall–Kier alpha value is -2.38. The van der Waals surface area contributed by atoms with Gasteiger partial charge in [-0.3, -0.25) is 9.59 Å². The average Bonchev–Trinajstić information content (AvgIpc) is 2.92. The molecule has 1 amide bonds. The van der Waals surface area contributed by atoms with Gasteiger partial charge in [-0.25, -0.2) is 4.39 Å². The zero-order valence-corrected chi connectivity index (χ0v) is 20.9. The fourth-order valence-electron chi connectivity index (χ4n) is 3.83. The normalized spacial score (nSPS) is 16.3. The van der Waals surface area contributed by atoms with Crippen molar-refractivity contribution in [2.45, 2.75) is 36.7 Å². The summed E-state index contributed by atoms with van der Waals surface area (Å²) in [4.78, 5) is 28.8. The number of ketones is 1. The lowest BCUT2D eigenvalue weighted by atomic mass is 9.93. The van der Waals surface area contributed by atoms with Crippen molar-refractivity contribution >= 4 is 53.1 Å². The number of hydrogen-bond donors (Lipinski definition) is 1. The van der Waals surface area contributed by atoms with E-state index in [1.54, 1.807) is 41.3 Å². The quantitative estimate of drug-likeness (QED) is 0.392. The molecule has 1 heterocycles. The Labute approximate surface area is 214 Å². The molecule has 0 spiro atoms. The van der Waals surface area contributed by atoms with E-state index in [0.29, 0.717) is 28.6 Å². The molecular weight excluding hydrogens is 494 g/mol. The zero-order valence-electron chi connectivity index (χ0n) is 18.5. The highest BCUT2D eigenvalue weighted by Crippen LogP contribution is 2.36. The van der Waals surface area contributed by atoms with E-state index in [-0.39, 0.29) is 42.3 Å². The Balaban J connectivity index is 0.00000324. The summed E-state index contributed by atoms with van der Waals surface area (Å²) in [5.74, 6) is -0.110. The Morgan fingerprint density at radius 2 is 1.82 bits per heavy atom. The average molecular weight is 519 g/mol. The number of halogens is 3. The number of rotatable bonds is 6. The van der Waals surface area contributed by atoms with Crippen molar-refractivity contribution < 1.29 is 14.0 Å². The topological polar surface area (TPSA) is 63.4 Å². The predicted molar refractivity (Wildman–Crippen MR) is 139 cm³/mol. The van der Waals surface area contributed by atoms with Gasteiger partial charge >= 0.3 is 0 Å². The number of hydrogen-bond acceptors (Lipinski definition) is 4. The second-order valence-corrected chi connectivity index (χ2v) is 9.73. The molecule has 0 aromatic heterocycles. The van der Waals surface area contributed by atoms with Crippen LogP contribution in [0.2, 0.25) is 5.02 Å². The van der Waals surface area contributed by atoms with Crippen molar-refractivity contribution in [3.8, 4) is 0 Å². The molecule has 0 saturated carbocycles. The molecule has 178 valence electrons. The van der Waals surface area contributed by atoms with E-state index in [4.69, 9.17) is 17.3 Å². The Kier molecular flexibility index (Phi) is 8.77. The molecule has 4 nitrogen and oxygen atoms in total. The number of nitrogens with two attached hydrogens (primary N) is 1. The lowest BCUT2D eigenvalue weighted by Crippen LogP contribution is -2.44. The third kappa shape index (κ3) is 5.99. The van der Waals surface area contributed by atoms with E-state index in [1.807, 2.05) is 25.1 Å². The number of Topliss-reactive ketones (excluding diaryl/α,β-unsaturated/α-hetero) is 1. The molecule has 2 N–H and O–H groups in total. The van der Waals surface area contributed by atoms with Crippen LogP contribution in [0.15, 0.2) is 71.6 Å². The summed E-state index contributed by atoms with van der Waals surface area (Å²) in [5, 5.41) is 0.622. The van der Waals surface area contributed by atoms with Crippen LogP contribution in [0, 0.1) is 5.82 Å². The fraction of sp³-hybridized carbons (Fsp3) is 0.231. The fourth-order valence-corrected chi connectivity index (χ4v) is 4.94. The first-order valence-corrected chi connectivity index (χ1v) is 12.0. The standard InChI is InChI=1S/C26H24ClFN2O2S.ClH/c1-16(18-4-9-21(28)10-5-18)12-24(31)19-6-11-25-23(13-19)30(26(32)22(29)15-33-25)14-17-2-7-20(27)8-3-17;/h2-11,13,16,22H,12,14-15,29H2,1H3;1H/t16?,22-;/m0./s1. The van der Waals surface area contributed by atoms with Crippen LogP contribution in [0.3, 0.4) is 0 Å². The van der Waals surface area contributed by atoms with Gasteiger partial charge in [-0.05, 0) is 53.4 Å². The van der Waals surface area contributed by atoms with Crippen molar-refractivity contribution in [2.75, 3.05) is 10.7 Å². The van der Waals surface area contributed by atoms with Gasteiger partial charge in [0.2, 0.25) is 5.91 Å². The van der Waals surface area contributed by atoms with Crippen LogP contribution < -0.4 is 10.6 Å². The predicted octanol–water partition coefficient (Wildman–Crippen LogP) is 6.24. The molecule has 0 fully saturated rings. The van der Waals surface area contributed by atoms with Gasteiger partial charge < -0.3 is 10.6 Å². The molecule has 1 aliphatic rings. The van der Waals surface area contributed by atoms with Gasteiger partial charge in [0.25, 0.3) is 0 Å². The molecule has 0 saturated heterocycles. The monoisotopic (exact) mass is 518 g/mol. The molecule has 34 heavy (non-hydrogen) atoms. The number of thioether (sulfide) groups is 1. The van der Waals surface area contributed by atoms with Gasteiger partial charge in [-0.2, -0.15) is 0 Å². The lowest BCUT2D eigenvalue weighted by molar-refractivity contribution is -0.119. The van der Waals surface area contributed by atoms with Crippen LogP contribution in [-0.2, 0) is 11.3 Å². The highest BCUT2D eigenvalue weighted by Gasteiger charge is 2.29. The summed E-state index contributed by atoms with van der Waals surface area (Å²) in [6.45, 7) is 2.28. The number of carbonyl (C=O) groups is 2. The summed E-state index contributed by atoms with van der Waals surface area (Å²) in [7, 11) is 0. The SMILES string of the molecule is CC(CC(=O)c1ccc2c(c1)N(Cc1ccc(Cl)cc1)C(=O)[C@@H](N)CS2)c1ccc(F)cc1.Cl. The van der Waals surface area contributed by atoms with E-state index in [2.05, 4.69) is 0 Å². The van der Waals surface area contributed by atoms with Crippen molar-refractivity contribution in [2.24, 2.45) is 5.73 Å². The van der Waals surface area contributed by atoms with E-state index in [0.717, 1.165) is 16.0 Å². The van der Waals surface area contributed by atoms with Gasteiger partial charge in [-0.1, -0.05) is 48.9 Å². The maximum atomic E-state index is 13.2. The molecule has 8 heteroatoms. The molecule has 3 aromatic rings. The first kappa shape index (κ1) is 26.2. The van der Waals surface area contributed by atoms with Gasteiger partial charge in [0.05, 0.1) is 18.3 Å². The highest BCUT2D eigenvalue weighted by molar-refractivity contribution is 7.99. The van der Waals surface area contributed by atoms with Crippen molar-refractivity contribution in [1.29, 1.82) is 0 Å². The van der Waals surface area contributed by atoms with Crippen molar-refractivity contribution in [3.05, 3.63) is 94.3 Å². The molecule has 1 unspecified atom stereocenters. The molecule has 0 radical (unpaired) electrons. The minimum atomic E-state index is -0.632. The third-order valence-electron chi connectivity index (χ3n) is 5.76. The number of nitrogens with zero attached hydrogens (tertiary/aromatic N) is 1. The van der Waals surface area contributed by atoms with Crippen LogP contribution in [-0.4, -0.2) is 23.5 Å². The van der Waals surface area contributed by atoms with E-state index < -0.39 is 6.04 Å². The van der Waals surface area contributed by atoms with Gasteiger partial charge in [0, 0.05) is 27.7 Å².